The normalized spacial score (nSPS) is 16.4. The van der Waals surface area contributed by atoms with Crippen LogP contribution in [0.5, 0.6) is 0 Å². The largest absolute Gasteiger partial charge is 0.336 e. The summed E-state index contributed by atoms with van der Waals surface area (Å²) >= 11 is 5.92. The van der Waals surface area contributed by atoms with E-state index in [1.165, 1.54) is 12.3 Å². The Balaban J connectivity index is 1.69. The molecule has 1 aliphatic heterocycles. The number of carbonyl (C=O) groups is 2. The molecule has 2 aromatic carbocycles. The summed E-state index contributed by atoms with van der Waals surface area (Å²) in [6, 6.07) is 13.6. The Morgan fingerprint density at radius 3 is 2.79 bits per heavy atom. The molecule has 2 amide bonds. The van der Waals surface area contributed by atoms with E-state index in [4.69, 9.17) is 11.6 Å². The van der Waals surface area contributed by atoms with E-state index in [0.717, 1.165) is 5.56 Å². The fraction of sp³-hybridized carbons (Fsp3) is 0.0556. The van der Waals surface area contributed by atoms with Gasteiger partial charge in [-0.3, -0.25) is 14.6 Å². The third kappa shape index (κ3) is 3.88. The maximum Gasteiger partial charge on any atom is 0.252 e. The molecule has 1 aliphatic rings. The van der Waals surface area contributed by atoms with Gasteiger partial charge >= 0.3 is 0 Å². The molecule has 0 radical (unpaired) electrons. The van der Waals surface area contributed by atoms with E-state index in [9.17, 15) is 9.59 Å². The number of amides is 2. The molecule has 1 atom stereocenters. The van der Waals surface area contributed by atoms with Crippen LogP contribution >= 0.6 is 11.6 Å². The zero-order chi connectivity index (χ0) is 16.9. The number of fused-ring (bicyclic) bond motifs is 1. The monoisotopic (exact) mass is 339 g/mol. The summed E-state index contributed by atoms with van der Waals surface area (Å²) in [6.07, 6.45) is 4.46. The van der Waals surface area contributed by atoms with Crippen molar-refractivity contribution in [2.75, 3.05) is 5.32 Å². The van der Waals surface area contributed by atoms with Gasteiger partial charge in [0.05, 0.1) is 11.4 Å². The SMILES string of the molecule is O=C(C=Cc1ccccc1)NC1C=Nc2ccc(Cl)cc2NC1=O. The molecule has 0 saturated carbocycles. The fourth-order valence-corrected chi connectivity index (χ4v) is 2.37. The number of anilines is 1. The summed E-state index contributed by atoms with van der Waals surface area (Å²) < 4.78 is 0. The topological polar surface area (TPSA) is 70.6 Å². The number of nitrogens with one attached hydrogen (secondary N) is 2. The lowest BCUT2D eigenvalue weighted by atomic mass is 10.2. The number of halogens is 1. The number of carbonyl (C=O) groups excluding carboxylic acids is 2. The van der Waals surface area contributed by atoms with E-state index < -0.39 is 6.04 Å². The van der Waals surface area contributed by atoms with Crippen molar-refractivity contribution in [3.8, 4) is 0 Å². The van der Waals surface area contributed by atoms with E-state index in [1.54, 1.807) is 24.3 Å². The van der Waals surface area contributed by atoms with Crippen LogP contribution in [0, 0.1) is 0 Å². The van der Waals surface area contributed by atoms with Crippen molar-refractivity contribution in [3.05, 3.63) is 65.2 Å². The Bertz CT molecular complexity index is 831. The molecule has 24 heavy (non-hydrogen) atoms. The molecule has 6 heteroatoms. The van der Waals surface area contributed by atoms with Gasteiger partial charge in [0.15, 0.2) is 0 Å². The number of benzene rings is 2. The lowest BCUT2D eigenvalue weighted by molar-refractivity contribution is -0.122. The average Bonchev–Trinajstić information content (AvgIpc) is 2.73. The van der Waals surface area contributed by atoms with Crippen molar-refractivity contribution in [2.24, 2.45) is 4.99 Å². The zero-order valence-corrected chi connectivity index (χ0v) is 13.3. The zero-order valence-electron chi connectivity index (χ0n) is 12.6. The maximum absolute atomic E-state index is 12.2. The molecule has 1 heterocycles. The molecule has 0 bridgehead atoms. The molecule has 2 aromatic rings. The van der Waals surface area contributed by atoms with Gasteiger partial charge in [-0.05, 0) is 29.8 Å². The number of rotatable bonds is 3. The van der Waals surface area contributed by atoms with Gasteiger partial charge in [-0.1, -0.05) is 41.9 Å². The van der Waals surface area contributed by atoms with E-state index in [0.29, 0.717) is 16.4 Å². The van der Waals surface area contributed by atoms with Crippen LogP contribution in [0.3, 0.4) is 0 Å². The first-order valence-corrected chi connectivity index (χ1v) is 7.68. The molecule has 0 spiro atoms. The minimum Gasteiger partial charge on any atom is -0.336 e. The minimum atomic E-state index is -0.857. The molecular weight excluding hydrogens is 326 g/mol. The Morgan fingerprint density at radius 1 is 1.21 bits per heavy atom. The summed E-state index contributed by atoms with van der Waals surface area (Å²) in [5, 5.41) is 5.81. The van der Waals surface area contributed by atoms with Gasteiger partial charge in [0.25, 0.3) is 5.91 Å². The lowest BCUT2D eigenvalue weighted by Crippen LogP contribution is -2.43. The number of hydrogen-bond acceptors (Lipinski definition) is 3. The molecule has 2 N–H and O–H groups in total. The van der Waals surface area contributed by atoms with Crippen molar-refractivity contribution < 1.29 is 9.59 Å². The molecule has 0 aliphatic carbocycles. The third-order valence-corrected chi connectivity index (χ3v) is 3.62. The number of aliphatic imine (C=N–C) groups is 1. The summed E-state index contributed by atoms with van der Waals surface area (Å²) in [6.45, 7) is 0. The highest BCUT2D eigenvalue weighted by Crippen LogP contribution is 2.29. The Morgan fingerprint density at radius 2 is 2.00 bits per heavy atom. The van der Waals surface area contributed by atoms with Crippen LogP contribution in [0.4, 0.5) is 11.4 Å². The van der Waals surface area contributed by atoms with Gasteiger partial charge in [0.1, 0.15) is 6.04 Å². The third-order valence-electron chi connectivity index (χ3n) is 3.39. The first-order chi connectivity index (χ1) is 11.6. The molecular formula is C18H14ClN3O2. The van der Waals surface area contributed by atoms with Crippen LogP contribution in [0.1, 0.15) is 5.56 Å². The second-order valence-corrected chi connectivity index (χ2v) is 5.60. The summed E-state index contributed by atoms with van der Waals surface area (Å²) in [7, 11) is 0. The van der Waals surface area contributed by atoms with Crippen LogP contribution in [-0.2, 0) is 9.59 Å². The minimum absolute atomic E-state index is 0.374. The van der Waals surface area contributed by atoms with Crippen LogP contribution in [0.25, 0.3) is 6.08 Å². The van der Waals surface area contributed by atoms with Crippen LogP contribution in [0.2, 0.25) is 5.02 Å². The molecule has 0 fully saturated rings. The van der Waals surface area contributed by atoms with Crippen LogP contribution < -0.4 is 10.6 Å². The predicted octanol–water partition coefficient (Wildman–Crippen LogP) is 3.19. The summed E-state index contributed by atoms with van der Waals surface area (Å²) in [4.78, 5) is 28.4. The Labute approximate surface area is 144 Å². The molecule has 3 rings (SSSR count). The van der Waals surface area contributed by atoms with Gasteiger partial charge in [-0.2, -0.15) is 0 Å². The maximum atomic E-state index is 12.2. The highest BCUT2D eigenvalue weighted by molar-refractivity contribution is 6.31. The smallest absolute Gasteiger partial charge is 0.252 e. The van der Waals surface area contributed by atoms with E-state index in [-0.39, 0.29) is 11.8 Å². The molecule has 0 saturated heterocycles. The van der Waals surface area contributed by atoms with Gasteiger partial charge in [0, 0.05) is 17.3 Å². The summed E-state index contributed by atoms with van der Waals surface area (Å²) in [5.41, 5.74) is 2.00. The molecule has 120 valence electrons. The second-order valence-electron chi connectivity index (χ2n) is 5.16. The Kier molecular flexibility index (Phi) is 4.72. The van der Waals surface area contributed by atoms with E-state index in [2.05, 4.69) is 15.6 Å². The first-order valence-electron chi connectivity index (χ1n) is 7.30. The predicted molar refractivity (Wildman–Crippen MR) is 95.6 cm³/mol. The van der Waals surface area contributed by atoms with Crippen molar-refractivity contribution >= 4 is 47.1 Å². The second kappa shape index (κ2) is 7.10. The van der Waals surface area contributed by atoms with Crippen molar-refractivity contribution in [1.29, 1.82) is 0 Å². The molecule has 1 unspecified atom stereocenters. The van der Waals surface area contributed by atoms with Crippen molar-refractivity contribution in [2.45, 2.75) is 6.04 Å². The standard InChI is InChI=1S/C18H14ClN3O2/c19-13-7-8-14-15(10-13)22-18(24)16(11-20-14)21-17(23)9-6-12-4-2-1-3-5-12/h1-11,16H,(H,21,23)(H,22,24). The van der Waals surface area contributed by atoms with Crippen molar-refractivity contribution in [3.63, 3.8) is 0 Å². The van der Waals surface area contributed by atoms with Crippen LogP contribution in [0.15, 0.2) is 59.6 Å². The molecule has 0 aromatic heterocycles. The summed E-state index contributed by atoms with van der Waals surface area (Å²) in [5.74, 6) is -0.754. The Hall–Kier alpha value is -2.92. The number of hydrogen-bond donors (Lipinski definition) is 2. The number of nitrogens with zero attached hydrogens (tertiary/aromatic N) is 1. The van der Waals surface area contributed by atoms with Gasteiger partial charge in [0.2, 0.25) is 5.91 Å². The van der Waals surface area contributed by atoms with Crippen molar-refractivity contribution in [1.82, 2.24) is 5.32 Å². The van der Waals surface area contributed by atoms with Gasteiger partial charge < -0.3 is 10.6 Å². The highest BCUT2D eigenvalue weighted by Gasteiger charge is 2.21. The van der Waals surface area contributed by atoms with E-state index >= 15 is 0 Å². The first kappa shape index (κ1) is 16.0. The lowest BCUT2D eigenvalue weighted by Gasteiger charge is -2.11. The van der Waals surface area contributed by atoms with Crippen LogP contribution in [-0.4, -0.2) is 24.1 Å². The molecule has 5 nitrogen and oxygen atoms in total. The van der Waals surface area contributed by atoms with E-state index in [1.807, 2.05) is 30.3 Å². The average molecular weight is 340 g/mol. The van der Waals surface area contributed by atoms with Gasteiger partial charge in [-0.25, -0.2) is 0 Å². The quantitative estimate of drug-likeness (QED) is 0.843. The highest BCUT2D eigenvalue weighted by atomic mass is 35.5. The fourth-order valence-electron chi connectivity index (χ4n) is 2.19. The van der Waals surface area contributed by atoms with Gasteiger partial charge in [-0.15, -0.1) is 0 Å².